The summed E-state index contributed by atoms with van der Waals surface area (Å²) in [5.41, 5.74) is 0.547. The SMILES string of the molecule is CCC1CCCSC1C(C)(C)CC. The predicted octanol–water partition coefficient (Wildman–Crippen LogP) is 4.34. The largest absolute Gasteiger partial charge is 0.158 e. The van der Waals surface area contributed by atoms with E-state index in [-0.39, 0.29) is 0 Å². The zero-order valence-corrected chi connectivity index (χ0v) is 10.4. The minimum Gasteiger partial charge on any atom is -0.158 e. The molecule has 0 aliphatic carbocycles. The summed E-state index contributed by atoms with van der Waals surface area (Å²) in [5.74, 6) is 2.37. The molecule has 0 amide bonds. The molecule has 1 heteroatoms. The Labute approximate surface area is 87.9 Å². The smallest absolute Gasteiger partial charge is 0.0126 e. The van der Waals surface area contributed by atoms with E-state index in [0.717, 1.165) is 11.2 Å². The maximum atomic E-state index is 2.44. The van der Waals surface area contributed by atoms with Crippen LogP contribution in [0.2, 0.25) is 0 Å². The van der Waals surface area contributed by atoms with Gasteiger partial charge in [-0.1, -0.05) is 34.1 Å². The van der Waals surface area contributed by atoms with Crippen LogP contribution in [0.1, 0.15) is 53.4 Å². The van der Waals surface area contributed by atoms with Crippen LogP contribution >= 0.6 is 11.8 Å². The minimum atomic E-state index is 0.547. The summed E-state index contributed by atoms with van der Waals surface area (Å²) in [7, 11) is 0. The summed E-state index contributed by atoms with van der Waals surface area (Å²) in [6.45, 7) is 9.58. The van der Waals surface area contributed by atoms with Gasteiger partial charge in [0.25, 0.3) is 0 Å². The summed E-state index contributed by atoms with van der Waals surface area (Å²) in [4.78, 5) is 0. The first-order valence-electron chi connectivity index (χ1n) is 5.73. The minimum absolute atomic E-state index is 0.547. The fourth-order valence-electron chi connectivity index (χ4n) is 2.33. The van der Waals surface area contributed by atoms with Crippen molar-refractivity contribution in [3.05, 3.63) is 0 Å². The Morgan fingerprint density at radius 1 is 1.31 bits per heavy atom. The van der Waals surface area contributed by atoms with E-state index in [0.29, 0.717) is 5.41 Å². The highest BCUT2D eigenvalue weighted by atomic mass is 32.2. The zero-order chi connectivity index (χ0) is 9.90. The molecule has 1 heterocycles. The third kappa shape index (κ3) is 2.65. The molecule has 78 valence electrons. The Balaban J connectivity index is 2.63. The summed E-state index contributed by atoms with van der Waals surface area (Å²) < 4.78 is 0. The maximum Gasteiger partial charge on any atom is 0.0126 e. The molecule has 1 aliphatic heterocycles. The van der Waals surface area contributed by atoms with Crippen LogP contribution in [0.15, 0.2) is 0 Å². The number of rotatable bonds is 3. The van der Waals surface area contributed by atoms with Crippen molar-refractivity contribution in [2.75, 3.05) is 5.75 Å². The van der Waals surface area contributed by atoms with Gasteiger partial charge in [-0.15, -0.1) is 0 Å². The standard InChI is InChI=1S/C12H24S/c1-5-10-8-7-9-13-11(10)12(3,4)6-2/h10-11H,5-9H2,1-4H3. The molecule has 0 radical (unpaired) electrons. The molecule has 13 heavy (non-hydrogen) atoms. The van der Waals surface area contributed by atoms with E-state index >= 15 is 0 Å². The topological polar surface area (TPSA) is 0 Å². The quantitative estimate of drug-likeness (QED) is 0.653. The second-order valence-electron chi connectivity index (χ2n) is 4.94. The van der Waals surface area contributed by atoms with Crippen molar-refractivity contribution in [2.45, 2.75) is 58.6 Å². The van der Waals surface area contributed by atoms with Gasteiger partial charge in [-0.05, 0) is 36.3 Å². The molecule has 0 aromatic rings. The maximum absolute atomic E-state index is 2.44. The lowest BCUT2D eigenvalue weighted by Gasteiger charge is -2.41. The van der Waals surface area contributed by atoms with Crippen molar-refractivity contribution in [3.8, 4) is 0 Å². The van der Waals surface area contributed by atoms with E-state index < -0.39 is 0 Å². The van der Waals surface area contributed by atoms with E-state index in [4.69, 9.17) is 0 Å². The molecule has 1 aliphatic rings. The van der Waals surface area contributed by atoms with Gasteiger partial charge in [-0.25, -0.2) is 0 Å². The average molecular weight is 200 g/mol. The first-order valence-corrected chi connectivity index (χ1v) is 6.78. The molecule has 2 unspecified atom stereocenters. The molecular weight excluding hydrogens is 176 g/mol. The second-order valence-corrected chi connectivity index (χ2v) is 6.19. The van der Waals surface area contributed by atoms with E-state index in [1.807, 2.05) is 0 Å². The summed E-state index contributed by atoms with van der Waals surface area (Å²) in [5, 5.41) is 0.913. The third-order valence-electron chi connectivity index (χ3n) is 3.65. The zero-order valence-electron chi connectivity index (χ0n) is 9.60. The monoisotopic (exact) mass is 200 g/mol. The van der Waals surface area contributed by atoms with Gasteiger partial charge in [0.15, 0.2) is 0 Å². The van der Waals surface area contributed by atoms with Gasteiger partial charge in [0.2, 0.25) is 0 Å². The van der Waals surface area contributed by atoms with Crippen molar-refractivity contribution in [3.63, 3.8) is 0 Å². The Morgan fingerprint density at radius 2 is 2.00 bits per heavy atom. The Kier molecular flexibility index (Phi) is 4.15. The van der Waals surface area contributed by atoms with E-state index in [1.165, 1.54) is 31.4 Å². The van der Waals surface area contributed by atoms with E-state index in [2.05, 4.69) is 39.5 Å². The lowest BCUT2D eigenvalue weighted by molar-refractivity contribution is 0.251. The number of thioether (sulfide) groups is 1. The second kappa shape index (κ2) is 4.72. The van der Waals surface area contributed by atoms with Crippen molar-refractivity contribution < 1.29 is 0 Å². The molecular formula is C12H24S. The number of hydrogen-bond donors (Lipinski definition) is 0. The fraction of sp³-hybridized carbons (Fsp3) is 1.00. The van der Waals surface area contributed by atoms with Crippen LogP contribution in [0.4, 0.5) is 0 Å². The van der Waals surface area contributed by atoms with Gasteiger partial charge >= 0.3 is 0 Å². The highest BCUT2D eigenvalue weighted by Crippen LogP contribution is 2.44. The molecule has 0 N–H and O–H groups in total. The van der Waals surface area contributed by atoms with Crippen LogP contribution in [0.5, 0.6) is 0 Å². The Hall–Kier alpha value is 0.350. The molecule has 0 aromatic heterocycles. The highest BCUT2D eigenvalue weighted by Gasteiger charge is 2.35. The normalized spacial score (nSPS) is 30.5. The molecule has 0 nitrogen and oxygen atoms in total. The van der Waals surface area contributed by atoms with Crippen molar-refractivity contribution in [1.29, 1.82) is 0 Å². The van der Waals surface area contributed by atoms with Crippen molar-refractivity contribution >= 4 is 11.8 Å². The fourth-order valence-corrected chi connectivity index (χ4v) is 4.13. The molecule has 0 spiro atoms. The van der Waals surface area contributed by atoms with Crippen LogP contribution < -0.4 is 0 Å². The van der Waals surface area contributed by atoms with Crippen LogP contribution in [-0.4, -0.2) is 11.0 Å². The van der Waals surface area contributed by atoms with E-state index in [1.54, 1.807) is 0 Å². The first kappa shape index (κ1) is 11.4. The van der Waals surface area contributed by atoms with Gasteiger partial charge in [0.05, 0.1) is 0 Å². The first-order chi connectivity index (χ1) is 6.11. The lowest BCUT2D eigenvalue weighted by Crippen LogP contribution is -2.35. The number of hydrogen-bond acceptors (Lipinski definition) is 1. The average Bonchev–Trinajstić information content (AvgIpc) is 2.18. The summed E-state index contributed by atoms with van der Waals surface area (Å²) >= 11 is 2.23. The van der Waals surface area contributed by atoms with Crippen LogP contribution in [-0.2, 0) is 0 Å². The molecule has 1 saturated heterocycles. The highest BCUT2D eigenvalue weighted by molar-refractivity contribution is 8.00. The molecule has 0 aromatic carbocycles. The summed E-state index contributed by atoms with van der Waals surface area (Å²) in [6.07, 6.45) is 5.61. The van der Waals surface area contributed by atoms with Gasteiger partial charge in [0, 0.05) is 5.25 Å². The van der Waals surface area contributed by atoms with Crippen LogP contribution in [0, 0.1) is 11.3 Å². The Bertz CT molecular complexity index is 151. The van der Waals surface area contributed by atoms with E-state index in [9.17, 15) is 0 Å². The van der Waals surface area contributed by atoms with Gasteiger partial charge in [-0.3, -0.25) is 0 Å². The molecule has 2 atom stereocenters. The molecule has 1 fully saturated rings. The van der Waals surface area contributed by atoms with Crippen LogP contribution in [0.25, 0.3) is 0 Å². The molecule has 1 rings (SSSR count). The summed E-state index contributed by atoms with van der Waals surface area (Å²) in [6, 6.07) is 0. The van der Waals surface area contributed by atoms with Crippen molar-refractivity contribution in [1.82, 2.24) is 0 Å². The van der Waals surface area contributed by atoms with Gasteiger partial charge in [-0.2, -0.15) is 11.8 Å². The van der Waals surface area contributed by atoms with Gasteiger partial charge in [0.1, 0.15) is 0 Å². The van der Waals surface area contributed by atoms with Gasteiger partial charge < -0.3 is 0 Å². The molecule has 0 saturated carbocycles. The van der Waals surface area contributed by atoms with Crippen LogP contribution in [0.3, 0.4) is 0 Å². The molecule has 0 bridgehead atoms. The van der Waals surface area contributed by atoms with Crippen molar-refractivity contribution in [2.24, 2.45) is 11.3 Å². The lowest BCUT2D eigenvalue weighted by atomic mass is 9.77. The third-order valence-corrected chi connectivity index (χ3v) is 5.56. The Morgan fingerprint density at radius 3 is 2.54 bits per heavy atom. The predicted molar refractivity (Wildman–Crippen MR) is 63.3 cm³/mol.